The predicted molar refractivity (Wildman–Crippen MR) is 73.4 cm³/mol. The fourth-order valence-corrected chi connectivity index (χ4v) is 2.05. The number of imidazole rings is 1. The minimum Gasteiger partial charge on any atom is -0.348 e. The van der Waals surface area contributed by atoms with E-state index in [4.69, 9.17) is 0 Å². The minimum absolute atomic E-state index is 0.890. The minimum atomic E-state index is 0.890. The molecule has 98 valence electrons. The molecule has 4 heteroatoms. The fraction of sp³-hybridized carbons (Fsp3) is 0.500. The Morgan fingerprint density at radius 1 is 1.33 bits per heavy atom. The highest BCUT2D eigenvalue weighted by molar-refractivity contribution is 5.12. The predicted octanol–water partition coefficient (Wildman–Crippen LogP) is 2.25. The molecule has 0 saturated carbocycles. The van der Waals surface area contributed by atoms with Crippen molar-refractivity contribution in [3.63, 3.8) is 0 Å². The molecule has 0 saturated heterocycles. The van der Waals surface area contributed by atoms with Crippen molar-refractivity contribution in [1.82, 2.24) is 19.4 Å². The maximum atomic E-state index is 4.19. The van der Waals surface area contributed by atoms with Crippen LogP contribution in [0.1, 0.15) is 31.5 Å². The highest BCUT2D eigenvalue weighted by atomic mass is 15.1. The largest absolute Gasteiger partial charge is 0.348 e. The van der Waals surface area contributed by atoms with Gasteiger partial charge in [0.2, 0.25) is 0 Å². The number of aryl methyl sites for hydroxylation is 1. The van der Waals surface area contributed by atoms with E-state index in [0.717, 1.165) is 26.2 Å². The fourth-order valence-electron chi connectivity index (χ4n) is 2.05. The van der Waals surface area contributed by atoms with Gasteiger partial charge >= 0.3 is 0 Å². The van der Waals surface area contributed by atoms with E-state index in [1.807, 2.05) is 12.5 Å². The van der Waals surface area contributed by atoms with Crippen molar-refractivity contribution in [2.45, 2.75) is 39.9 Å². The van der Waals surface area contributed by atoms with Gasteiger partial charge in [-0.25, -0.2) is 4.98 Å². The summed E-state index contributed by atoms with van der Waals surface area (Å²) in [7, 11) is 0. The normalized spacial score (nSPS) is 11.0. The number of nitrogens with one attached hydrogen (secondary N) is 1. The van der Waals surface area contributed by atoms with Crippen LogP contribution in [-0.4, -0.2) is 20.7 Å². The average Bonchev–Trinajstić information content (AvgIpc) is 2.99. The molecular weight excluding hydrogens is 224 g/mol. The first-order valence-electron chi connectivity index (χ1n) is 6.67. The van der Waals surface area contributed by atoms with Gasteiger partial charge in [0, 0.05) is 31.7 Å². The lowest BCUT2D eigenvalue weighted by Gasteiger charge is -2.06. The van der Waals surface area contributed by atoms with Crippen LogP contribution in [-0.2, 0) is 19.6 Å². The van der Waals surface area contributed by atoms with Crippen LogP contribution < -0.4 is 5.32 Å². The maximum Gasteiger partial charge on any atom is 0.0948 e. The van der Waals surface area contributed by atoms with Gasteiger partial charge in [-0.05, 0) is 31.5 Å². The van der Waals surface area contributed by atoms with Gasteiger partial charge in [0.25, 0.3) is 0 Å². The number of nitrogens with zero attached hydrogens (tertiary/aromatic N) is 3. The molecule has 0 aliphatic rings. The van der Waals surface area contributed by atoms with Crippen LogP contribution in [0.5, 0.6) is 0 Å². The van der Waals surface area contributed by atoms with Gasteiger partial charge in [0.1, 0.15) is 0 Å². The molecule has 4 nitrogen and oxygen atoms in total. The lowest BCUT2D eigenvalue weighted by atomic mass is 10.3. The van der Waals surface area contributed by atoms with Crippen molar-refractivity contribution in [1.29, 1.82) is 0 Å². The Kier molecular flexibility index (Phi) is 4.59. The van der Waals surface area contributed by atoms with Crippen LogP contribution in [0.4, 0.5) is 0 Å². The molecular formula is C14H22N4. The quantitative estimate of drug-likeness (QED) is 0.760. The van der Waals surface area contributed by atoms with Crippen LogP contribution in [0, 0.1) is 0 Å². The van der Waals surface area contributed by atoms with Gasteiger partial charge < -0.3 is 14.5 Å². The zero-order valence-electron chi connectivity index (χ0n) is 11.3. The zero-order valence-corrected chi connectivity index (χ0v) is 11.3. The molecule has 0 atom stereocenters. The van der Waals surface area contributed by atoms with Gasteiger partial charge in [-0.1, -0.05) is 6.92 Å². The van der Waals surface area contributed by atoms with Crippen LogP contribution in [0.2, 0.25) is 0 Å². The summed E-state index contributed by atoms with van der Waals surface area (Å²) in [6, 6.07) is 2.18. The topological polar surface area (TPSA) is 34.8 Å². The molecule has 2 rings (SSSR count). The molecule has 18 heavy (non-hydrogen) atoms. The van der Waals surface area contributed by atoms with E-state index >= 15 is 0 Å². The van der Waals surface area contributed by atoms with Crippen molar-refractivity contribution < 1.29 is 0 Å². The second-order valence-electron chi connectivity index (χ2n) is 4.54. The van der Waals surface area contributed by atoms with Crippen molar-refractivity contribution in [2.75, 3.05) is 6.54 Å². The highest BCUT2D eigenvalue weighted by Gasteiger charge is 2.02. The third-order valence-corrected chi connectivity index (χ3v) is 3.05. The van der Waals surface area contributed by atoms with E-state index in [2.05, 4.69) is 51.7 Å². The molecule has 0 aliphatic carbocycles. The van der Waals surface area contributed by atoms with E-state index in [0.29, 0.717) is 0 Å². The van der Waals surface area contributed by atoms with Crippen molar-refractivity contribution in [3.8, 4) is 0 Å². The second kappa shape index (κ2) is 6.40. The van der Waals surface area contributed by atoms with E-state index in [1.54, 1.807) is 0 Å². The standard InChI is InChI=1S/C14H22N4/c1-3-6-15-8-13-5-7-17(10-13)11-14-9-16-12-18(14)4-2/h5,7,9-10,12,15H,3-4,6,8,11H2,1-2H3. The molecule has 0 radical (unpaired) electrons. The highest BCUT2D eigenvalue weighted by Crippen LogP contribution is 2.06. The molecule has 0 unspecified atom stereocenters. The lowest BCUT2D eigenvalue weighted by Crippen LogP contribution is -2.13. The monoisotopic (exact) mass is 246 g/mol. The summed E-state index contributed by atoms with van der Waals surface area (Å²) < 4.78 is 4.39. The summed E-state index contributed by atoms with van der Waals surface area (Å²) in [5.41, 5.74) is 2.59. The Balaban J connectivity index is 1.94. The van der Waals surface area contributed by atoms with Crippen LogP contribution >= 0.6 is 0 Å². The molecule has 0 aromatic carbocycles. The molecule has 2 heterocycles. The smallest absolute Gasteiger partial charge is 0.0948 e. The lowest BCUT2D eigenvalue weighted by molar-refractivity contribution is 0.660. The van der Waals surface area contributed by atoms with Crippen molar-refractivity contribution >= 4 is 0 Å². The third kappa shape index (κ3) is 3.23. The van der Waals surface area contributed by atoms with Crippen LogP contribution in [0.15, 0.2) is 31.0 Å². The Bertz CT molecular complexity index is 470. The Morgan fingerprint density at radius 3 is 3.00 bits per heavy atom. The van der Waals surface area contributed by atoms with Gasteiger partial charge in [0.05, 0.1) is 18.6 Å². The van der Waals surface area contributed by atoms with E-state index in [1.165, 1.54) is 17.7 Å². The van der Waals surface area contributed by atoms with Gasteiger partial charge in [0.15, 0.2) is 0 Å². The molecule has 2 aromatic heterocycles. The SMILES string of the molecule is CCCNCc1ccn(Cc2cncn2CC)c1. The first-order valence-corrected chi connectivity index (χ1v) is 6.67. The molecule has 0 bridgehead atoms. The Hall–Kier alpha value is -1.55. The summed E-state index contributed by atoms with van der Waals surface area (Å²) in [5.74, 6) is 0. The van der Waals surface area contributed by atoms with E-state index in [9.17, 15) is 0 Å². The number of rotatable bonds is 7. The molecule has 0 aliphatic heterocycles. The Labute approximate surface area is 109 Å². The van der Waals surface area contributed by atoms with Crippen molar-refractivity contribution in [2.24, 2.45) is 0 Å². The Morgan fingerprint density at radius 2 is 2.22 bits per heavy atom. The first kappa shape index (κ1) is 12.9. The zero-order chi connectivity index (χ0) is 12.8. The third-order valence-electron chi connectivity index (χ3n) is 3.05. The van der Waals surface area contributed by atoms with E-state index in [-0.39, 0.29) is 0 Å². The molecule has 1 N–H and O–H groups in total. The van der Waals surface area contributed by atoms with Crippen LogP contribution in [0.3, 0.4) is 0 Å². The summed E-state index contributed by atoms with van der Waals surface area (Å²) >= 11 is 0. The number of hydrogen-bond donors (Lipinski definition) is 1. The van der Waals surface area contributed by atoms with Gasteiger partial charge in [-0.3, -0.25) is 0 Å². The van der Waals surface area contributed by atoms with Crippen LogP contribution in [0.25, 0.3) is 0 Å². The molecule has 0 amide bonds. The maximum absolute atomic E-state index is 4.19. The second-order valence-corrected chi connectivity index (χ2v) is 4.54. The number of hydrogen-bond acceptors (Lipinski definition) is 2. The molecule has 0 spiro atoms. The van der Waals surface area contributed by atoms with E-state index < -0.39 is 0 Å². The molecule has 2 aromatic rings. The van der Waals surface area contributed by atoms with Gasteiger partial charge in [-0.15, -0.1) is 0 Å². The van der Waals surface area contributed by atoms with Gasteiger partial charge in [-0.2, -0.15) is 0 Å². The number of aromatic nitrogens is 3. The van der Waals surface area contributed by atoms with Crippen molar-refractivity contribution in [3.05, 3.63) is 42.2 Å². The summed E-state index contributed by atoms with van der Waals surface area (Å²) in [4.78, 5) is 4.19. The summed E-state index contributed by atoms with van der Waals surface area (Å²) in [6.45, 7) is 8.22. The average molecular weight is 246 g/mol. The summed E-state index contributed by atoms with van der Waals surface area (Å²) in [6.07, 6.45) is 9.35. The first-order chi connectivity index (χ1) is 8.83. The summed E-state index contributed by atoms with van der Waals surface area (Å²) in [5, 5.41) is 3.42. The molecule has 0 fully saturated rings.